The Morgan fingerprint density at radius 3 is 2.39 bits per heavy atom. The number of carbonyl (C=O) groups excluding carboxylic acids is 2. The first-order valence-electron chi connectivity index (χ1n) is 13.2. The molecule has 0 aromatic rings. The van der Waals surface area contributed by atoms with E-state index >= 15 is 0 Å². The van der Waals surface area contributed by atoms with E-state index in [1.807, 2.05) is 19.9 Å². The van der Waals surface area contributed by atoms with Gasteiger partial charge in [-0.05, 0) is 85.0 Å². The fraction of sp³-hybridized carbons (Fsp3) is 0.857. The largest absolute Gasteiger partial charge is 0.389 e. The summed E-state index contributed by atoms with van der Waals surface area (Å²) in [5, 5.41) is 9.42. The van der Waals surface area contributed by atoms with Crippen LogP contribution in [0.25, 0.3) is 0 Å². The van der Waals surface area contributed by atoms with Crippen molar-refractivity contribution in [2.24, 2.45) is 39.9 Å². The number of aliphatic hydroxyl groups is 1. The van der Waals surface area contributed by atoms with Crippen molar-refractivity contribution < 1.29 is 14.7 Å². The molecule has 0 bridgehead atoms. The van der Waals surface area contributed by atoms with Gasteiger partial charge in [0.15, 0.2) is 11.6 Å². The van der Waals surface area contributed by atoms with E-state index in [4.69, 9.17) is 0 Å². The molecule has 1 N–H and O–H groups in total. The number of fused-ring (bicyclic) bond motifs is 2. The summed E-state index contributed by atoms with van der Waals surface area (Å²) in [6.45, 7) is 12.7. The summed E-state index contributed by atoms with van der Waals surface area (Å²) in [6.07, 6.45) is 13.4. The molecule has 3 nitrogen and oxygen atoms in total. The number of ketones is 2. The molecule has 5 rings (SSSR count). The fourth-order valence-corrected chi connectivity index (χ4v) is 8.40. The molecule has 7 atom stereocenters. The predicted molar refractivity (Wildman–Crippen MR) is 127 cm³/mol. The van der Waals surface area contributed by atoms with Gasteiger partial charge in [-0.1, -0.05) is 60.0 Å². The van der Waals surface area contributed by atoms with Crippen LogP contribution in [0.3, 0.4) is 0 Å². The Morgan fingerprint density at radius 1 is 1.10 bits per heavy atom. The van der Waals surface area contributed by atoms with Gasteiger partial charge in [0.1, 0.15) is 6.61 Å². The maximum absolute atomic E-state index is 12.4. The second-order valence-corrected chi connectivity index (χ2v) is 11.1. The molecule has 0 aliphatic heterocycles. The quantitative estimate of drug-likeness (QED) is 0.554. The highest BCUT2D eigenvalue weighted by molar-refractivity contribution is 5.92. The van der Waals surface area contributed by atoms with Crippen molar-refractivity contribution in [1.82, 2.24) is 0 Å². The molecule has 31 heavy (non-hydrogen) atoms. The minimum atomic E-state index is -0.294. The predicted octanol–water partition coefficient (Wildman–Crippen LogP) is 6.53. The standard InChI is InChI=1S/C22H30O3.C4H10.C2H6/c1-13-9-18-15-3-4-16(19(25)11-23)20(15,2)7-8-22(18)12-21(22)6-5-14(24)10-17(13)21;1-3-4-2;1-2/h10,13,15-16,18,23H,3-9,11-12H2,1-2H3;3-4H2,1-2H3;1-2H3/t13?,15?,16?,18?,20?,21-,22+;;/m1../s1. The lowest BCUT2D eigenvalue weighted by molar-refractivity contribution is -0.132. The van der Waals surface area contributed by atoms with Crippen LogP contribution in [0.15, 0.2) is 11.6 Å². The summed E-state index contributed by atoms with van der Waals surface area (Å²) in [4.78, 5) is 24.4. The van der Waals surface area contributed by atoms with Gasteiger partial charge in [0.2, 0.25) is 0 Å². The van der Waals surface area contributed by atoms with Gasteiger partial charge in [0.05, 0.1) is 0 Å². The molecule has 0 amide bonds. The maximum Gasteiger partial charge on any atom is 0.161 e. The van der Waals surface area contributed by atoms with Crippen molar-refractivity contribution in [2.45, 2.75) is 106 Å². The van der Waals surface area contributed by atoms with E-state index in [0.29, 0.717) is 34.4 Å². The van der Waals surface area contributed by atoms with Crippen molar-refractivity contribution >= 4 is 11.6 Å². The molecule has 5 aliphatic rings. The van der Waals surface area contributed by atoms with Crippen LogP contribution in [-0.4, -0.2) is 23.3 Å². The molecule has 5 unspecified atom stereocenters. The lowest BCUT2D eigenvalue weighted by Crippen LogP contribution is -2.49. The van der Waals surface area contributed by atoms with Crippen molar-refractivity contribution in [3.63, 3.8) is 0 Å². The van der Waals surface area contributed by atoms with Crippen LogP contribution in [0.2, 0.25) is 0 Å². The average molecular weight is 431 g/mol. The first-order chi connectivity index (χ1) is 14.8. The van der Waals surface area contributed by atoms with Crippen LogP contribution in [-0.2, 0) is 9.59 Å². The lowest BCUT2D eigenvalue weighted by atomic mass is 9.49. The maximum atomic E-state index is 12.4. The Hall–Kier alpha value is -0.960. The van der Waals surface area contributed by atoms with E-state index in [2.05, 4.69) is 27.7 Å². The molecule has 4 saturated carbocycles. The lowest BCUT2D eigenvalue weighted by Gasteiger charge is -2.55. The van der Waals surface area contributed by atoms with Crippen molar-refractivity contribution in [1.29, 1.82) is 0 Å². The van der Waals surface area contributed by atoms with Crippen LogP contribution >= 0.6 is 0 Å². The van der Waals surface area contributed by atoms with Crippen LogP contribution in [0.5, 0.6) is 0 Å². The van der Waals surface area contributed by atoms with Gasteiger partial charge in [-0.15, -0.1) is 0 Å². The third kappa shape index (κ3) is 3.58. The zero-order valence-electron chi connectivity index (χ0n) is 20.9. The highest BCUT2D eigenvalue weighted by atomic mass is 16.3. The molecule has 0 aromatic carbocycles. The molecule has 176 valence electrons. The highest BCUT2D eigenvalue weighted by Gasteiger charge is 2.78. The molecule has 2 spiro atoms. The van der Waals surface area contributed by atoms with E-state index in [9.17, 15) is 14.7 Å². The van der Waals surface area contributed by atoms with E-state index in [0.717, 1.165) is 32.1 Å². The van der Waals surface area contributed by atoms with Gasteiger partial charge in [-0.25, -0.2) is 0 Å². The smallest absolute Gasteiger partial charge is 0.161 e. The van der Waals surface area contributed by atoms with Crippen molar-refractivity contribution in [2.75, 3.05) is 6.61 Å². The zero-order chi connectivity index (χ0) is 23.0. The molecule has 5 aliphatic carbocycles. The number of Topliss-reactive ketones (excluding diaryl/α,β-unsaturated/α-hetero) is 1. The fourth-order valence-electron chi connectivity index (χ4n) is 8.40. The average Bonchev–Trinajstić information content (AvgIpc) is 3.31. The molecule has 0 saturated heterocycles. The molecule has 0 aromatic heterocycles. The molecular weight excluding hydrogens is 384 g/mol. The van der Waals surface area contributed by atoms with Gasteiger partial charge in [-0.3, -0.25) is 9.59 Å². The monoisotopic (exact) mass is 430 g/mol. The number of hydrogen-bond acceptors (Lipinski definition) is 3. The number of hydrogen-bond donors (Lipinski definition) is 1. The van der Waals surface area contributed by atoms with Gasteiger partial charge in [-0.2, -0.15) is 0 Å². The molecule has 4 fully saturated rings. The number of carbonyl (C=O) groups is 2. The number of rotatable bonds is 3. The SMILES string of the molecule is CC.CC1CC2C3CCC(C(=O)CO)C3(C)CC[C@]23C[C@@]32CCC(=O)C=C12.CCCC. The summed E-state index contributed by atoms with van der Waals surface area (Å²) >= 11 is 0. The summed E-state index contributed by atoms with van der Waals surface area (Å²) < 4.78 is 0. The second-order valence-electron chi connectivity index (χ2n) is 11.1. The molecule has 3 heteroatoms. The molecule has 0 radical (unpaired) electrons. The molecule has 0 heterocycles. The minimum Gasteiger partial charge on any atom is -0.389 e. The Morgan fingerprint density at radius 2 is 1.77 bits per heavy atom. The summed E-state index contributed by atoms with van der Waals surface area (Å²) in [5.41, 5.74) is 2.31. The van der Waals surface area contributed by atoms with E-state index in [1.54, 1.807) is 0 Å². The highest BCUT2D eigenvalue weighted by Crippen LogP contribution is 2.85. The Bertz CT molecular complexity index is 722. The Labute approximate surface area is 190 Å². The van der Waals surface area contributed by atoms with E-state index in [-0.39, 0.29) is 23.7 Å². The van der Waals surface area contributed by atoms with E-state index in [1.165, 1.54) is 37.7 Å². The summed E-state index contributed by atoms with van der Waals surface area (Å²) in [6, 6.07) is 0. The van der Waals surface area contributed by atoms with Gasteiger partial charge >= 0.3 is 0 Å². The summed E-state index contributed by atoms with van der Waals surface area (Å²) in [7, 11) is 0. The third-order valence-electron chi connectivity index (χ3n) is 10.0. The van der Waals surface area contributed by atoms with E-state index < -0.39 is 0 Å². The van der Waals surface area contributed by atoms with Crippen LogP contribution in [0.4, 0.5) is 0 Å². The number of unbranched alkanes of at least 4 members (excludes halogenated alkanes) is 1. The van der Waals surface area contributed by atoms with Crippen LogP contribution in [0.1, 0.15) is 106 Å². The first kappa shape index (κ1) is 24.7. The number of aliphatic hydroxyl groups excluding tert-OH is 1. The Kier molecular flexibility index (Phi) is 7.26. The van der Waals surface area contributed by atoms with Gasteiger partial charge in [0, 0.05) is 12.3 Å². The Balaban J connectivity index is 0.000000411. The van der Waals surface area contributed by atoms with Gasteiger partial charge in [0.25, 0.3) is 0 Å². The van der Waals surface area contributed by atoms with Crippen LogP contribution in [0, 0.1) is 39.9 Å². The van der Waals surface area contributed by atoms with Crippen molar-refractivity contribution in [3.05, 3.63) is 11.6 Å². The minimum absolute atomic E-state index is 0.0646. The first-order valence-corrected chi connectivity index (χ1v) is 13.2. The zero-order valence-corrected chi connectivity index (χ0v) is 20.9. The topological polar surface area (TPSA) is 54.4 Å². The second kappa shape index (κ2) is 9.12. The summed E-state index contributed by atoms with van der Waals surface area (Å²) in [5.74, 6) is 2.32. The van der Waals surface area contributed by atoms with Gasteiger partial charge < -0.3 is 5.11 Å². The normalized spacial score (nSPS) is 44.1. The van der Waals surface area contributed by atoms with Crippen LogP contribution < -0.4 is 0 Å². The number of allylic oxidation sites excluding steroid dienone is 1. The van der Waals surface area contributed by atoms with Crippen molar-refractivity contribution in [3.8, 4) is 0 Å². The molecular formula is C28H46O3. The third-order valence-corrected chi connectivity index (χ3v) is 10.0.